The van der Waals surface area contributed by atoms with Gasteiger partial charge in [-0.1, -0.05) is 48.9 Å². The molecule has 11 nitrogen and oxygen atoms in total. The molecule has 0 aliphatic carbocycles. The van der Waals surface area contributed by atoms with Crippen molar-refractivity contribution in [3.63, 3.8) is 0 Å². The van der Waals surface area contributed by atoms with Crippen LogP contribution in [-0.2, 0) is 19.6 Å². The van der Waals surface area contributed by atoms with Crippen LogP contribution >= 0.6 is 11.3 Å². The largest absolute Gasteiger partial charge is 0.414 e. The van der Waals surface area contributed by atoms with Crippen LogP contribution in [0.2, 0.25) is 0 Å². The van der Waals surface area contributed by atoms with E-state index in [1.807, 2.05) is 31.2 Å². The van der Waals surface area contributed by atoms with Gasteiger partial charge in [0.2, 0.25) is 5.91 Å². The summed E-state index contributed by atoms with van der Waals surface area (Å²) in [6, 6.07) is 10.8. The molecule has 2 aliphatic heterocycles. The number of hydrogen-bond donors (Lipinski definition) is 1. The van der Waals surface area contributed by atoms with Gasteiger partial charge in [0.15, 0.2) is 10.8 Å². The number of carbonyl (C=O) groups is 4. The van der Waals surface area contributed by atoms with E-state index in [0.717, 1.165) is 14.4 Å². The van der Waals surface area contributed by atoms with Gasteiger partial charge in [-0.25, -0.2) is 13.2 Å². The third-order valence-electron chi connectivity index (χ3n) is 6.84. The van der Waals surface area contributed by atoms with Crippen molar-refractivity contribution in [2.45, 2.75) is 44.3 Å². The molecule has 1 aromatic carbocycles. The summed E-state index contributed by atoms with van der Waals surface area (Å²) in [5.74, 6) is -0.979. The Morgan fingerprint density at radius 1 is 1.18 bits per heavy atom. The first-order valence-electron chi connectivity index (χ1n) is 12.5. The lowest BCUT2D eigenvalue weighted by molar-refractivity contribution is -0.138. The summed E-state index contributed by atoms with van der Waals surface area (Å²) in [5.41, 5.74) is -0.247. The average Bonchev–Trinajstić information content (AvgIpc) is 3.63. The predicted octanol–water partition coefficient (Wildman–Crippen LogP) is 2.58. The quantitative estimate of drug-likeness (QED) is 0.457. The van der Waals surface area contributed by atoms with Crippen molar-refractivity contribution < 1.29 is 32.3 Å². The number of carbonyl (C=O) groups excluding carboxylic acids is 4. The van der Waals surface area contributed by atoms with Gasteiger partial charge in [-0.05, 0) is 36.4 Å². The van der Waals surface area contributed by atoms with Crippen LogP contribution in [-0.4, -0.2) is 76.7 Å². The molecule has 0 saturated carbocycles. The second kappa shape index (κ2) is 10.8. The highest BCUT2D eigenvalue weighted by atomic mass is 32.2. The predicted molar refractivity (Wildman–Crippen MR) is 143 cm³/mol. The fourth-order valence-corrected chi connectivity index (χ4v) is 7.46. The van der Waals surface area contributed by atoms with Crippen LogP contribution < -0.4 is 10.1 Å². The Hall–Kier alpha value is -3.68. The first-order chi connectivity index (χ1) is 18.7. The maximum absolute atomic E-state index is 13.5. The van der Waals surface area contributed by atoms with Crippen LogP contribution in [0.5, 0.6) is 5.06 Å². The van der Waals surface area contributed by atoms with E-state index in [9.17, 15) is 27.6 Å². The van der Waals surface area contributed by atoms with E-state index < -0.39 is 57.6 Å². The number of amides is 2. The van der Waals surface area contributed by atoms with Crippen LogP contribution in [0, 0.1) is 0 Å². The second-order valence-electron chi connectivity index (χ2n) is 9.33. The molecule has 13 heteroatoms. The first kappa shape index (κ1) is 26.9. The SMILES string of the molecule is CCCC(NC(=O)Oc1cc2ccccc2s1)C(=O)N1CCC2C1C(=O)CN2S(=O)(=O)C(=O)c1ccccn1. The van der Waals surface area contributed by atoms with Crippen molar-refractivity contribution in [1.29, 1.82) is 0 Å². The van der Waals surface area contributed by atoms with Crippen molar-refractivity contribution in [2.24, 2.45) is 0 Å². The number of ketones is 1. The summed E-state index contributed by atoms with van der Waals surface area (Å²) in [4.78, 5) is 57.1. The number of Topliss-reactive ketones (excluding diaryl/α,β-unsaturated/α-hetero) is 1. The Bertz CT molecular complexity index is 1510. The van der Waals surface area contributed by atoms with Gasteiger partial charge in [0.05, 0.1) is 12.6 Å². The van der Waals surface area contributed by atoms with E-state index >= 15 is 0 Å². The van der Waals surface area contributed by atoms with Gasteiger partial charge in [0.25, 0.3) is 10.0 Å². The Balaban J connectivity index is 1.29. The number of benzene rings is 1. The van der Waals surface area contributed by atoms with E-state index in [0.29, 0.717) is 17.9 Å². The molecule has 2 saturated heterocycles. The summed E-state index contributed by atoms with van der Waals surface area (Å²) in [6.45, 7) is 1.45. The molecule has 0 spiro atoms. The van der Waals surface area contributed by atoms with Crippen LogP contribution in [0.4, 0.5) is 4.79 Å². The number of nitrogens with zero attached hydrogens (tertiary/aromatic N) is 3. The summed E-state index contributed by atoms with van der Waals surface area (Å²) in [7, 11) is -4.54. The molecule has 2 amide bonds. The molecule has 3 atom stereocenters. The van der Waals surface area contributed by atoms with Crippen molar-refractivity contribution in [3.8, 4) is 5.06 Å². The average molecular weight is 571 g/mol. The van der Waals surface area contributed by atoms with Gasteiger partial charge < -0.3 is 15.0 Å². The number of thiophene rings is 1. The van der Waals surface area contributed by atoms with E-state index in [1.165, 1.54) is 34.6 Å². The summed E-state index contributed by atoms with van der Waals surface area (Å²) in [6.07, 6.45) is 1.55. The molecule has 2 aliphatic rings. The molecular formula is C26H26N4O7S2. The van der Waals surface area contributed by atoms with Crippen molar-refractivity contribution in [3.05, 3.63) is 60.4 Å². The van der Waals surface area contributed by atoms with Crippen LogP contribution in [0.25, 0.3) is 10.1 Å². The highest BCUT2D eigenvalue weighted by molar-refractivity contribution is 8.04. The maximum Gasteiger partial charge on any atom is 0.414 e. The van der Waals surface area contributed by atoms with E-state index in [1.54, 1.807) is 12.1 Å². The van der Waals surface area contributed by atoms with Crippen LogP contribution in [0.1, 0.15) is 36.7 Å². The van der Waals surface area contributed by atoms with Crippen LogP contribution in [0.3, 0.4) is 0 Å². The van der Waals surface area contributed by atoms with Crippen molar-refractivity contribution >= 4 is 54.3 Å². The zero-order chi connectivity index (χ0) is 27.7. The lowest BCUT2D eigenvalue weighted by atomic mass is 10.1. The first-order valence-corrected chi connectivity index (χ1v) is 14.7. The Morgan fingerprint density at radius 3 is 2.67 bits per heavy atom. The fourth-order valence-electron chi connectivity index (χ4n) is 5.08. The van der Waals surface area contributed by atoms with Gasteiger partial charge in [-0.15, -0.1) is 0 Å². The van der Waals surface area contributed by atoms with E-state index in [4.69, 9.17) is 4.74 Å². The molecule has 39 heavy (non-hydrogen) atoms. The fraction of sp³-hybridized carbons (Fsp3) is 0.346. The molecule has 0 bridgehead atoms. The normalized spacial score (nSPS) is 20.1. The van der Waals surface area contributed by atoms with Crippen molar-refractivity contribution in [1.82, 2.24) is 19.5 Å². The number of hydrogen-bond acceptors (Lipinski definition) is 9. The number of pyridine rings is 1. The molecule has 5 rings (SSSR count). The number of fused-ring (bicyclic) bond motifs is 2. The summed E-state index contributed by atoms with van der Waals surface area (Å²) >= 11 is 1.30. The van der Waals surface area contributed by atoms with Gasteiger partial charge in [-0.2, -0.15) is 4.31 Å². The number of rotatable bonds is 7. The number of likely N-dealkylation sites (tertiary alicyclic amines) is 1. The summed E-state index contributed by atoms with van der Waals surface area (Å²) < 4.78 is 33.5. The molecule has 3 unspecified atom stereocenters. The molecule has 3 aromatic rings. The molecule has 2 aromatic heterocycles. The molecule has 4 heterocycles. The second-order valence-corrected chi connectivity index (χ2v) is 12.2. The summed E-state index contributed by atoms with van der Waals surface area (Å²) in [5, 5.41) is 2.72. The van der Waals surface area contributed by atoms with Gasteiger partial charge in [0, 0.05) is 23.5 Å². The van der Waals surface area contributed by atoms with Gasteiger partial charge in [0.1, 0.15) is 17.8 Å². The number of ether oxygens (including phenoxy) is 1. The Labute approximate surface area is 228 Å². The number of nitrogens with one attached hydrogen (secondary N) is 1. The zero-order valence-electron chi connectivity index (χ0n) is 21.0. The smallest absolute Gasteiger partial charge is 0.399 e. The standard InChI is InChI=1S/C26H26N4O7S2/c1-2-7-17(28-26(34)37-22-14-16-8-3-4-10-21(16)38-22)24(32)29-13-11-19-23(29)20(31)15-30(19)39(35,36)25(33)18-9-5-6-12-27-18/h3-6,8-10,12,14,17,19,23H,2,7,11,13,15H2,1H3,(H,28,34). The zero-order valence-corrected chi connectivity index (χ0v) is 22.6. The minimum Gasteiger partial charge on any atom is -0.399 e. The Kier molecular flexibility index (Phi) is 7.47. The van der Waals surface area contributed by atoms with Gasteiger partial charge >= 0.3 is 11.2 Å². The van der Waals surface area contributed by atoms with E-state index in [2.05, 4.69) is 10.3 Å². The van der Waals surface area contributed by atoms with Crippen LogP contribution in [0.15, 0.2) is 54.7 Å². The molecular weight excluding hydrogens is 544 g/mol. The highest BCUT2D eigenvalue weighted by Crippen LogP contribution is 2.34. The third-order valence-corrected chi connectivity index (χ3v) is 9.53. The minimum absolute atomic E-state index is 0.108. The van der Waals surface area contributed by atoms with E-state index in [-0.39, 0.29) is 18.7 Å². The maximum atomic E-state index is 13.5. The monoisotopic (exact) mass is 570 g/mol. The Morgan fingerprint density at radius 2 is 1.95 bits per heavy atom. The molecule has 1 N–H and O–H groups in total. The van der Waals surface area contributed by atoms with Crippen molar-refractivity contribution in [2.75, 3.05) is 13.1 Å². The third kappa shape index (κ3) is 5.16. The lowest BCUT2D eigenvalue weighted by Gasteiger charge is -2.27. The molecule has 204 valence electrons. The molecule has 2 fully saturated rings. The van der Waals surface area contributed by atoms with Gasteiger partial charge in [-0.3, -0.25) is 19.4 Å². The highest BCUT2D eigenvalue weighted by Gasteiger charge is 2.55. The minimum atomic E-state index is -4.54. The molecule has 0 radical (unpaired) electrons. The topological polar surface area (TPSA) is 143 Å². The number of sulfonamides is 1. The lowest BCUT2D eigenvalue weighted by Crippen LogP contribution is -2.53. The number of aromatic nitrogens is 1.